The lowest BCUT2D eigenvalue weighted by Crippen LogP contribution is -2.45. The van der Waals surface area contributed by atoms with Gasteiger partial charge in [0, 0.05) is 18.7 Å². The molecule has 146 valence electrons. The first kappa shape index (κ1) is 18.3. The Kier molecular flexibility index (Phi) is 4.49. The molecule has 1 fully saturated rings. The monoisotopic (exact) mass is 385 g/mol. The van der Waals surface area contributed by atoms with E-state index in [4.69, 9.17) is 5.41 Å². The summed E-state index contributed by atoms with van der Waals surface area (Å²) in [6.07, 6.45) is 0.498. The van der Waals surface area contributed by atoms with Gasteiger partial charge in [0.15, 0.2) is 0 Å². The van der Waals surface area contributed by atoms with Gasteiger partial charge < -0.3 is 21.4 Å². The predicted molar refractivity (Wildman–Crippen MR) is 104 cm³/mol. The largest absolute Gasteiger partial charge is 0.362 e. The molecule has 1 atom stereocenters. The number of hydrogen-bond donors (Lipinski definition) is 4. The van der Waals surface area contributed by atoms with Crippen molar-refractivity contribution in [3.63, 3.8) is 0 Å². The molecule has 2 aliphatic rings. The SMILES string of the molecule is Cc1cccc(Nc2nc(NC3CCCC(F)(F)C3=N)cc3c2C(=O)NC3)c1. The first-order valence-electron chi connectivity index (χ1n) is 9.22. The fourth-order valence-electron chi connectivity index (χ4n) is 3.66. The van der Waals surface area contributed by atoms with Crippen molar-refractivity contribution >= 4 is 28.9 Å². The Balaban J connectivity index is 1.66. The van der Waals surface area contributed by atoms with Crippen molar-refractivity contribution in [2.45, 2.75) is 44.7 Å². The third-order valence-corrected chi connectivity index (χ3v) is 5.10. The molecule has 1 saturated carbocycles. The lowest BCUT2D eigenvalue weighted by molar-refractivity contribution is 0.0526. The van der Waals surface area contributed by atoms with Crippen LogP contribution in [-0.4, -0.2) is 28.6 Å². The molecule has 1 amide bonds. The van der Waals surface area contributed by atoms with E-state index < -0.39 is 17.7 Å². The molecule has 1 aromatic carbocycles. The first-order valence-corrected chi connectivity index (χ1v) is 9.22. The molecule has 1 aliphatic heterocycles. The number of rotatable bonds is 4. The van der Waals surface area contributed by atoms with Crippen LogP contribution in [0.15, 0.2) is 30.3 Å². The number of nitrogens with one attached hydrogen (secondary N) is 4. The Bertz CT molecular complexity index is 960. The van der Waals surface area contributed by atoms with Crippen LogP contribution in [-0.2, 0) is 6.54 Å². The van der Waals surface area contributed by atoms with E-state index in [0.717, 1.165) is 16.8 Å². The average molecular weight is 385 g/mol. The lowest BCUT2D eigenvalue weighted by Gasteiger charge is -2.31. The molecule has 1 aromatic heterocycles. The van der Waals surface area contributed by atoms with E-state index in [1.165, 1.54) is 0 Å². The Morgan fingerprint density at radius 1 is 1.32 bits per heavy atom. The number of amides is 1. The molecule has 8 heteroatoms. The van der Waals surface area contributed by atoms with Gasteiger partial charge in [0.05, 0.1) is 11.6 Å². The smallest absolute Gasteiger partial charge is 0.287 e. The van der Waals surface area contributed by atoms with Gasteiger partial charge in [-0.05, 0) is 49.1 Å². The highest BCUT2D eigenvalue weighted by Crippen LogP contribution is 2.33. The van der Waals surface area contributed by atoms with Crippen LogP contribution in [0.1, 0.15) is 40.7 Å². The number of halogens is 2. The number of hydrogen-bond acceptors (Lipinski definition) is 5. The third-order valence-electron chi connectivity index (χ3n) is 5.10. The van der Waals surface area contributed by atoms with E-state index in [1.54, 1.807) is 6.07 Å². The maximum absolute atomic E-state index is 13.9. The minimum Gasteiger partial charge on any atom is -0.362 e. The van der Waals surface area contributed by atoms with E-state index in [2.05, 4.69) is 20.9 Å². The van der Waals surface area contributed by atoms with Crippen LogP contribution < -0.4 is 16.0 Å². The summed E-state index contributed by atoms with van der Waals surface area (Å²) in [6.45, 7) is 2.31. The van der Waals surface area contributed by atoms with Crippen LogP contribution in [0.4, 0.5) is 26.1 Å². The minimum atomic E-state index is -3.09. The van der Waals surface area contributed by atoms with E-state index in [9.17, 15) is 13.6 Å². The van der Waals surface area contributed by atoms with Crippen molar-refractivity contribution in [3.8, 4) is 0 Å². The molecule has 4 rings (SSSR count). The molecule has 2 heterocycles. The second kappa shape index (κ2) is 6.85. The molecule has 2 aromatic rings. The number of aromatic nitrogens is 1. The Morgan fingerprint density at radius 2 is 2.14 bits per heavy atom. The van der Waals surface area contributed by atoms with Crippen LogP contribution >= 0.6 is 0 Å². The van der Waals surface area contributed by atoms with Crippen molar-refractivity contribution in [2.75, 3.05) is 10.6 Å². The molecule has 0 spiro atoms. The number of benzene rings is 1. The van der Waals surface area contributed by atoms with Gasteiger partial charge in [0.1, 0.15) is 17.3 Å². The van der Waals surface area contributed by atoms with Crippen LogP contribution in [0, 0.1) is 12.3 Å². The van der Waals surface area contributed by atoms with Gasteiger partial charge in [0.2, 0.25) is 0 Å². The Morgan fingerprint density at radius 3 is 2.93 bits per heavy atom. The standard InChI is InChI=1S/C20H21F2N5O/c1-11-4-2-5-13(8-11)25-18-16-12(10-24-19(16)28)9-15(27-18)26-14-6-3-7-20(21,22)17(14)23/h2,4-5,8-9,14,23H,3,6-7,10H2,1H3,(H,24,28)(H2,25,26,27). The maximum atomic E-state index is 13.9. The molecular weight excluding hydrogens is 364 g/mol. The molecule has 0 radical (unpaired) electrons. The highest BCUT2D eigenvalue weighted by atomic mass is 19.3. The Labute approximate surface area is 161 Å². The Hall–Kier alpha value is -3.03. The number of carbonyl (C=O) groups is 1. The van der Waals surface area contributed by atoms with Gasteiger partial charge in [0.25, 0.3) is 11.8 Å². The molecule has 6 nitrogen and oxygen atoms in total. The van der Waals surface area contributed by atoms with Gasteiger partial charge in [-0.15, -0.1) is 0 Å². The second-order valence-corrected chi connectivity index (χ2v) is 7.27. The van der Waals surface area contributed by atoms with Gasteiger partial charge in [-0.1, -0.05) is 12.1 Å². The van der Waals surface area contributed by atoms with E-state index in [0.29, 0.717) is 36.6 Å². The van der Waals surface area contributed by atoms with Crippen LogP contribution in [0.3, 0.4) is 0 Å². The summed E-state index contributed by atoms with van der Waals surface area (Å²) < 4.78 is 27.7. The molecule has 4 N–H and O–H groups in total. The van der Waals surface area contributed by atoms with Crippen molar-refractivity contribution in [3.05, 3.63) is 47.0 Å². The summed E-state index contributed by atoms with van der Waals surface area (Å²) in [6, 6.07) is 8.57. The van der Waals surface area contributed by atoms with Gasteiger partial charge in [-0.3, -0.25) is 4.79 Å². The summed E-state index contributed by atoms with van der Waals surface area (Å²) in [5.41, 5.74) is 2.42. The molecule has 1 aliphatic carbocycles. The minimum absolute atomic E-state index is 0.221. The van der Waals surface area contributed by atoms with Crippen molar-refractivity contribution in [1.82, 2.24) is 10.3 Å². The number of nitrogens with zero attached hydrogens (tertiary/aromatic N) is 1. The molecule has 28 heavy (non-hydrogen) atoms. The predicted octanol–water partition coefficient (Wildman–Crippen LogP) is 4.00. The van der Waals surface area contributed by atoms with Gasteiger partial charge in [-0.25, -0.2) is 4.98 Å². The molecule has 0 bridgehead atoms. The quantitative estimate of drug-likeness (QED) is 0.640. The fraction of sp³-hybridized carbons (Fsp3) is 0.350. The summed E-state index contributed by atoms with van der Waals surface area (Å²) in [5.74, 6) is -2.57. The number of anilines is 3. The molecule has 0 saturated heterocycles. The van der Waals surface area contributed by atoms with Crippen LogP contribution in [0.2, 0.25) is 0 Å². The van der Waals surface area contributed by atoms with E-state index >= 15 is 0 Å². The van der Waals surface area contributed by atoms with Gasteiger partial charge >= 0.3 is 0 Å². The maximum Gasteiger partial charge on any atom is 0.287 e. The fourth-order valence-corrected chi connectivity index (χ4v) is 3.66. The third kappa shape index (κ3) is 3.42. The van der Waals surface area contributed by atoms with Crippen LogP contribution in [0.5, 0.6) is 0 Å². The van der Waals surface area contributed by atoms with E-state index in [-0.39, 0.29) is 12.3 Å². The molecule has 1 unspecified atom stereocenters. The summed E-state index contributed by atoms with van der Waals surface area (Å²) in [4.78, 5) is 16.7. The summed E-state index contributed by atoms with van der Waals surface area (Å²) >= 11 is 0. The highest BCUT2D eigenvalue weighted by molar-refractivity contribution is 6.03. The van der Waals surface area contributed by atoms with E-state index in [1.807, 2.05) is 31.2 Å². The average Bonchev–Trinajstić information content (AvgIpc) is 3.00. The normalized spacial score (nSPS) is 20.5. The number of alkyl halides is 2. The topological polar surface area (TPSA) is 89.9 Å². The number of carbonyl (C=O) groups excluding carboxylic acids is 1. The lowest BCUT2D eigenvalue weighted by atomic mass is 9.90. The van der Waals surface area contributed by atoms with Crippen molar-refractivity contribution in [2.24, 2.45) is 0 Å². The highest BCUT2D eigenvalue weighted by Gasteiger charge is 2.42. The number of pyridine rings is 1. The molecular formula is C20H21F2N5O. The number of aryl methyl sites for hydroxylation is 1. The zero-order chi connectivity index (χ0) is 19.9. The zero-order valence-electron chi connectivity index (χ0n) is 15.4. The van der Waals surface area contributed by atoms with Crippen molar-refractivity contribution < 1.29 is 13.6 Å². The second-order valence-electron chi connectivity index (χ2n) is 7.27. The first-order chi connectivity index (χ1) is 13.3. The zero-order valence-corrected chi connectivity index (χ0v) is 15.4. The number of fused-ring (bicyclic) bond motifs is 1. The van der Waals surface area contributed by atoms with Crippen LogP contribution in [0.25, 0.3) is 0 Å². The van der Waals surface area contributed by atoms with Crippen molar-refractivity contribution in [1.29, 1.82) is 5.41 Å². The summed E-state index contributed by atoms with van der Waals surface area (Å²) in [7, 11) is 0. The summed E-state index contributed by atoms with van der Waals surface area (Å²) in [5, 5.41) is 16.7. The van der Waals surface area contributed by atoms with Gasteiger partial charge in [-0.2, -0.15) is 8.78 Å².